The number of allylic oxidation sites excluding steroid dienone is 2. The summed E-state index contributed by atoms with van der Waals surface area (Å²) in [6.07, 6.45) is 3.70. The molecule has 0 unspecified atom stereocenters. The summed E-state index contributed by atoms with van der Waals surface area (Å²) in [7, 11) is 0. The number of rotatable bonds is 5. The molecule has 1 heteroatoms. The summed E-state index contributed by atoms with van der Waals surface area (Å²) in [5, 5.41) is 10.1. The van der Waals surface area contributed by atoms with Gasteiger partial charge in [-0.3, -0.25) is 0 Å². The Labute approximate surface area is 134 Å². The van der Waals surface area contributed by atoms with Crippen molar-refractivity contribution < 1.29 is 5.11 Å². The first-order valence-electron chi connectivity index (χ1n) is 7.85. The Kier molecular flexibility index (Phi) is 5.43. The summed E-state index contributed by atoms with van der Waals surface area (Å²) in [4.78, 5) is 0. The highest BCUT2D eigenvalue weighted by atomic mass is 16.3. The van der Waals surface area contributed by atoms with Gasteiger partial charge in [-0.2, -0.15) is 0 Å². The van der Waals surface area contributed by atoms with E-state index < -0.39 is 0 Å². The van der Waals surface area contributed by atoms with Gasteiger partial charge in [-0.25, -0.2) is 0 Å². The van der Waals surface area contributed by atoms with Crippen LogP contribution >= 0.6 is 0 Å². The average molecular weight is 293 g/mol. The predicted molar refractivity (Wildman–Crippen MR) is 93.7 cm³/mol. The topological polar surface area (TPSA) is 20.2 Å². The normalized spacial score (nSPS) is 12.6. The number of hydrogen-bond acceptors (Lipinski definition) is 1. The van der Waals surface area contributed by atoms with Gasteiger partial charge in [-0.15, -0.1) is 0 Å². The third-order valence-electron chi connectivity index (χ3n) is 3.74. The quantitative estimate of drug-likeness (QED) is 0.678. The minimum atomic E-state index is -0.181. The summed E-state index contributed by atoms with van der Waals surface area (Å²) in [6.45, 7) is 6.08. The van der Waals surface area contributed by atoms with Crippen molar-refractivity contribution in [3.63, 3.8) is 0 Å². The first kappa shape index (κ1) is 16.4. The Bertz CT molecular complexity index is 551. The first-order valence-corrected chi connectivity index (χ1v) is 7.85. The van der Waals surface area contributed by atoms with Crippen LogP contribution in [-0.2, 0) is 0 Å². The molecule has 0 saturated heterocycles. The monoisotopic (exact) mass is 293 g/mol. The molecule has 1 nitrogen and oxygen atoms in total. The summed E-state index contributed by atoms with van der Waals surface area (Å²) < 4.78 is 0. The second kappa shape index (κ2) is 7.31. The molecule has 0 amide bonds. The van der Waals surface area contributed by atoms with Gasteiger partial charge in [0.15, 0.2) is 0 Å². The summed E-state index contributed by atoms with van der Waals surface area (Å²) >= 11 is 0. The van der Waals surface area contributed by atoms with Crippen molar-refractivity contribution in [3.05, 3.63) is 89.5 Å². The largest absolute Gasteiger partial charge is 0.512 e. The van der Waals surface area contributed by atoms with E-state index in [-0.39, 0.29) is 5.41 Å². The Morgan fingerprint density at radius 1 is 0.864 bits per heavy atom. The molecule has 1 radical (unpaired) electrons. The van der Waals surface area contributed by atoms with E-state index >= 15 is 0 Å². The zero-order chi connectivity index (χ0) is 16.0. The fourth-order valence-corrected chi connectivity index (χ4v) is 2.39. The minimum Gasteiger partial charge on any atom is -0.512 e. The van der Waals surface area contributed by atoms with Gasteiger partial charge in [0.1, 0.15) is 0 Å². The van der Waals surface area contributed by atoms with Crippen LogP contribution in [0.5, 0.6) is 0 Å². The van der Waals surface area contributed by atoms with Crippen LogP contribution in [0.1, 0.15) is 44.7 Å². The van der Waals surface area contributed by atoms with Crippen LogP contribution in [-0.4, -0.2) is 5.11 Å². The Morgan fingerprint density at radius 2 is 1.32 bits per heavy atom. The maximum Gasteiger partial charge on any atom is 0.0936 e. The molecule has 0 aromatic heterocycles. The SMILES string of the molecule is CC(C)(C)/C(O)=C/CC[C](c1ccccc1)c1ccccc1. The van der Waals surface area contributed by atoms with E-state index in [0.717, 1.165) is 12.8 Å². The lowest BCUT2D eigenvalue weighted by atomic mass is 9.86. The first-order chi connectivity index (χ1) is 10.5. The molecule has 0 spiro atoms. The van der Waals surface area contributed by atoms with Gasteiger partial charge in [-0.05, 0) is 30.0 Å². The predicted octanol–water partition coefficient (Wildman–Crippen LogP) is 5.93. The van der Waals surface area contributed by atoms with Crippen molar-refractivity contribution in [3.8, 4) is 0 Å². The van der Waals surface area contributed by atoms with E-state index in [1.807, 2.05) is 39.0 Å². The molecular weight excluding hydrogens is 268 g/mol. The van der Waals surface area contributed by atoms with E-state index in [1.54, 1.807) is 0 Å². The van der Waals surface area contributed by atoms with Gasteiger partial charge in [0.25, 0.3) is 0 Å². The molecule has 0 atom stereocenters. The molecule has 115 valence electrons. The molecule has 2 rings (SSSR count). The van der Waals surface area contributed by atoms with Gasteiger partial charge in [0.2, 0.25) is 0 Å². The van der Waals surface area contributed by atoms with Crippen molar-refractivity contribution in [2.24, 2.45) is 5.41 Å². The lowest BCUT2D eigenvalue weighted by Gasteiger charge is -2.19. The molecule has 0 aliphatic rings. The maximum atomic E-state index is 10.1. The molecule has 0 heterocycles. The van der Waals surface area contributed by atoms with Crippen LogP contribution in [0, 0.1) is 11.3 Å². The van der Waals surface area contributed by atoms with E-state index in [1.165, 1.54) is 17.0 Å². The van der Waals surface area contributed by atoms with Crippen LogP contribution in [0.2, 0.25) is 0 Å². The molecular formula is C21H25O. The van der Waals surface area contributed by atoms with Crippen LogP contribution in [0.4, 0.5) is 0 Å². The highest BCUT2D eigenvalue weighted by molar-refractivity contribution is 5.45. The van der Waals surface area contributed by atoms with Crippen LogP contribution in [0.3, 0.4) is 0 Å². The smallest absolute Gasteiger partial charge is 0.0936 e. The highest BCUT2D eigenvalue weighted by Gasteiger charge is 2.17. The molecule has 22 heavy (non-hydrogen) atoms. The van der Waals surface area contributed by atoms with Gasteiger partial charge >= 0.3 is 0 Å². The van der Waals surface area contributed by atoms with E-state index in [0.29, 0.717) is 5.76 Å². The zero-order valence-corrected chi connectivity index (χ0v) is 13.7. The van der Waals surface area contributed by atoms with E-state index in [9.17, 15) is 5.11 Å². The highest BCUT2D eigenvalue weighted by Crippen LogP contribution is 2.29. The van der Waals surface area contributed by atoms with Gasteiger partial charge < -0.3 is 5.11 Å². The molecule has 0 bridgehead atoms. The van der Waals surface area contributed by atoms with Crippen molar-refractivity contribution in [2.75, 3.05) is 0 Å². The van der Waals surface area contributed by atoms with Crippen molar-refractivity contribution in [1.82, 2.24) is 0 Å². The maximum absolute atomic E-state index is 10.1. The third kappa shape index (κ3) is 4.49. The van der Waals surface area contributed by atoms with Crippen LogP contribution in [0.15, 0.2) is 72.5 Å². The summed E-state index contributed by atoms with van der Waals surface area (Å²) in [5.41, 5.74) is 2.31. The lowest BCUT2D eigenvalue weighted by Crippen LogP contribution is -2.09. The number of aliphatic hydroxyl groups excluding tert-OH is 1. The Balaban J connectivity index is 2.17. The number of benzene rings is 2. The summed E-state index contributed by atoms with van der Waals surface area (Å²) in [5.74, 6) is 1.78. The van der Waals surface area contributed by atoms with E-state index in [4.69, 9.17) is 0 Å². The van der Waals surface area contributed by atoms with Gasteiger partial charge in [0, 0.05) is 11.3 Å². The third-order valence-corrected chi connectivity index (χ3v) is 3.74. The summed E-state index contributed by atoms with van der Waals surface area (Å²) in [6, 6.07) is 21.0. The van der Waals surface area contributed by atoms with Crippen molar-refractivity contribution in [1.29, 1.82) is 0 Å². The fraction of sp³-hybridized carbons (Fsp3) is 0.286. The van der Waals surface area contributed by atoms with Gasteiger partial charge in [0.05, 0.1) is 5.76 Å². The molecule has 0 fully saturated rings. The Morgan fingerprint density at radius 3 is 1.73 bits per heavy atom. The average Bonchev–Trinajstić information content (AvgIpc) is 2.52. The molecule has 0 aliphatic carbocycles. The second-order valence-electron chi connectivity index (χ2n) is 6.59. The van der Waals surface area contributed by atoms with Crippen LogP contribution in [0.25, 0.3) is 0 Å². The van der Waals surface area contributed by atoms with Crippen molar-refractivity contribution in [2.45, 2.75) is 33.6 Å². The fourth-order valence-electron chi connectivity index (χ4n) is 2.39. The molecule has 1 N–H and O–H groups in total. The molecule has 0 aliphatic heterocycles. The van der Waals surface area contributed by atoms with Gasteiger partial charge in [-0.1, -0.05) is 81.4 Å². The second-order valence-corrected chi connectivity index (χ2v) is 6.59. The lowest BCUT2D eigenvalue weighted by molar-refractivity contribution is 0.275. The minimum absolute atomic E-state index is 0.181. The molecule has 0 saturated carbocycles. The molecule has 2 aromatic carbocycles. The zero-order valence-electron chi connectivity index (χ0n) is 13.7. The number of aliphatic hydroxyl groups is 1. The number of hydrogen-bond donors (Lipinski definition) is 1. The van der Waals surface area contributed by atoms with Crippen LogP contribution < -0.4 is 0 Å². The van der Waals surface area contributed by atoms with Crippen molar-refractivity contribution >= 4 is 0 Å². The molecule has 2 aromatic rings. The van der Waals surface area contributed by atoms with E-state index in [2.05, 4.69) is 48.5 Å². The standard InChI is InChI=1S/C21H25O/c1-21(2,3)20(22)16-10-15-19(17-11-6-4-7-12-17)18-13-8-5-9-14-18/h4-9,11-14,16,22H,10,15H2,1-3H3/b20-16-. The Hall–Kier alpha value is -2.02.